The van der Waals surface area contributed by atoms with Crippen molar-refractivity contribution in [2.24, 2.45) is 0 Å². The molecule has 1 aliphatic carbocycles. The summed E-state index contributed by atoms with van der Waals surface area (Å²) in [4.78, 5) is 0. The van der Waals surface area contributed by atoms with Crippen LogP contribution in [0.3, 0.4) is 0 Å². The Morgan fingerprint density at radius 3 is 1.90 bits per heavy atom. The van der Waals surface area contributed by atoms with Gasteiger partial charge in [0.2, 0.25) is 0 Å². The number of benzene rings is 1. The second-order valence-corrected chi connectivity index (χ2v) is 7.51. The largest absolute Gasteiger partial charge is 0.501 e. The molecule has 4 heteroatoms. The molecule has 0 amide bonds. The van der Waals surface area contributed by atoms with E-state index in [9.17, 15) is 0 Å². The third-order valence-electron chi connectivity index (χ3n) is 3.41. The summed E-state index contributed by atoms with van der Waals surface area (Å²) < 4.78 is 17.6. The molecule has 0 N–H and O–H groups in total. The molecule has 0 saturated carbocycles. The Morgan fingerprint density at radius 2 is 1.45 bits per heavy atom. The first-order valence-corrected chi connectivity index (χ1v) is 9.39. The lowest BCUT2D eigenvalue weighted by atomic mass is 9.95. The molecule has 0 heterocycles. The van der Waals surface area contributed by atoms with Crippen LogP contribution in [0.1, 0.15) is 37.5 Å². The average molecular weight is 292 g/mol. The van der Waals surface area contributed by atoms with Crippen LogP contribution in [-0.2, 0) is 19.7 Å². The maximum Gasteiger partial charge on any atom is 0.501 e. The van der Waals surface area contributed by atoms with E-state index in [1.54, 1.807) is 0 Å². The van der Waals surface area contributed by atoms with Gasteiger partial charge in [-0.15, -0.1) is 0 Å². The third kappa shape index (κ3) is 3.58. The van der Waals surface area contributed by atoms with Gasteiger partial charge >= 0.3 is 8.80 Å². The molecule has 0 fully saturated rings. The maximum absolute atomic E-state index is 5.88. The highest BCUT2D eigenvalue weighted by Crippen LogP contribution is 2.26. The second-order valence-electron chi connectivity index (χ2n) is 4.78. The molecule has 110 valence electrons. The molecule has 0 atom stereocenters. The molecule has 0 aromatic heterocycles. The molecule has 1 aliphatic rings. The summed E-state index contributed by atoms with van der Waals surface area (Å²) in [6.45, 7) is 7.90. The van der Waals surface area contributed by atoms with Crippen LogP contribution in [0.15, 0.2) is 18.2 Å². The fraction of sp³-hybridized carbons (Fsp3) is 0.500. The molecular weight excluding hydrogens is 268 g/mol. The van der Waals surface area contributed by atoms with Gasteiger partial charge in [0.25, 0.3) is 0 Å². The van der Waals surface area contributed by atoms with Crippen molar-refractivity contribution >= 4 is 21.0 Å². The average Bonchev–Trinajstić information content (AvgIpc) is 2.40. The molecular formula is C16H24O3Si. The van der Waals surface area contributed by atoms with Crippen molar-refractivity contribution in [3.8, 4) is 0 Å². The monoisotopic (exact) mass is 292 g/mol. The van der Waals surface area contributed by atoms with Gasteiger partial charge in [-0.1, -0.05) is 30.4 Å². The zero-order valence-corrected chi connectivity index (χ0v) is 13.6. The Bertz CT molecular complexity index is 454. The number of hydrogen-bond donors (Lipinski definition) is 0. The predicted octanol–water partition coefficient (Wildman–Crippen LogP) is 3.76. The van der Waals surface area contributed by atoms with Crippen LogP contribution in [0.2, 0.25) is 6.04 Å². The molecule has 20 heavy (non-hydrogen) atoms. The Balaban J connectivity index is 2.01. The Hall–Kier alpha value is -0.943. The van der Waals surface area contributed by atoms with E-state index < -0.39 is 8.80 Å². The Morgan fingerprint density at radius 1 is 0.850 bits per heavy atom. The van der Waals surface area contributed by atoms with E-state index in [0.29, 0.717) is 19.8 Å². The van der Waals surface area contributed by atoms with E-state index in [0.717, 1.165) is 12.5 Å². The van der Waals surface area contributed by atoms with Gasteiger partial charge in [-0.3, -0.25) is 0 Å². The van der Waals surface area contributed by atoms with Crippen LogP contribution >= 0.6 is 0 Å². The van der Waals surface area contributed by atoms with E-state index in [1.807, 2.05) is 20.8 Å². The van der Waals surface area contributed by atoms with Crippen LogP contribution in [-0.4, -0.2) is 28.6 Å². The topological polar surface area (TPSA) is 27.7 Å². The molecule has 0 saturated heterocycles. The van der Waals surface area contributed by atoms with Crippen molar-refractivity contribution < 1.29 is 13.3 Å². The first-order chi connectivity index (χ1) is 9.73. The normalized spacial score (nSPS) is 13.2. The van der Waals surface area contributed by atoms with Gasteiger partial charge in [0.1, 0.15) is 0 Å². The first-order valence-electron chi connectivity index (χ1n) is 7.46. The molecule has 0 aliphatic heterocycles. The second kappa shape index (κ2) is 7.18. The lowest BCUT2D eigenvalue weighted by Gasteiger charge is -2.28. The number of fused-ring (bicyclic) bond motifs is 1. The molecule has 1 aromatic carbocycles. The van der Waals surface area contributed by atoms with Crippen molar-refractivity contribution in [1.29, 1.82) is 0 Å². The fourth-order valence-electron chi connectivity index (χ4n) is 2.46. The Kier molecular flexibility index (Phi) is 5.54. The lowest BCUT2D eigenvalue weighted by Crippen LogP contribution is -2.46. The van der Waals surface area contributed by atoms with E-state index >= 15 is 0 Å². The van der Waals surface area contributed by atoms with Gasteiger partial charge in [0.05, 0.1) is 0 Å². The summed E-state index contributed by atoms with van der Waals surface area (Å²) in [7, 11) is -2.51. The van der Waals surface area contributed by atoms with E-state index in [1.165, 1.54) is 16.7 Å². The molecule has 0 spiro atoms. The highest BCUT2D eigenvalue weighted by atomic mass is 28.4. The smallest absolute Gasteiger partial charge is 0.374 e. The summed E-state index contributed by atoms with van der Waals surface area (Å²) in [5.41, 5.74) is 3.99. The van der Waals surface area contributed by atoms with Crippen LogP contribution in [0.25, 0.3) is 12.2 Å². The standard InChI is InChI=1S/C16H24O3Si/c1-4-17-20(18-5-2,19-6-3)12-11-14-7-8-15-9-10-16(15)13-14/h7-10,13H,4-6,11-12H2,1-3H3. The molecule has 0 bridgehead atoms. The van der Waals surface area contributed by atoms with Gasteiger partial charge in [-0.05, 0) is 43.9 Å². The lowest BCUT2D eigenvalue weighted by molar-refractivity contribution is 0.0714. The maximum atomic E-state index is 5.88. The third-order valence-corrected chi connectivity index (χ3v) is 6.45. The fourth-order valence-corrected chi connectivity index (χ4v) is 5.06. The number of aryl methyl sites for hydroxylation is 1. The van der Waals surface area contributed by atoms with Gasteiger partial charge < -0.3 is 13.3 Å². The molecule has 0 radical (unpaired) electrons. The highest BCUT2D eigenvalue weighted by molar-refractivity contribution is 6.60. The minimum Gasteiger partial charge on any atom is -0.374 e. The summed E-state index contributed by atoms with van der Waals surface area (Å²) in [6.07, 6.45) is 5.23. The molecule has 1 aromatic rings. The zero-order valence-electron chi connectivity index (χ0n) is 12.6. The summed E-state index contributed by atoms with van der Waals surface area (Å²) in [6, 6.07) is 7.45. The Labute approximate surface area is 122 Å². The first kappa shape index (κ1) is 15.4. The minimum absolute atomic E-state index is 0.638. The molecule has 0 unspecified atom stereocenters. The van der Waals surface area contributed by atoms with Crippen molar-refractivity contribution in [2.75, 3.05) is 19.8 Å². The summed E-state index contributed by atoms with van der Waals surface area (Å²) in [5.74, 6) is 0. The van der Waals surface area contributed by atoms with Crippen molar-refractivity contribution in [1.82, 2.24) is 0 Å². The minimum atomic E-state index is -2.51. The highest BCUT2D eigenvalue weighted by Gasteiger charge is 2.39. The van der Waals surface area contributed by atoms with Gasteiger partial charge in [-0.25, -0.2) is 0 Å². The van der Waals surface area contributed by atoms with Crippen molar-refractivity contribution in [3.63, 3.8) is 0 Å². The van der Waals surface area contributed by atoms with Crippen LogP contribution in [0.5, 0.6) is 0 Å². The SMILES string of the molecule is CCO[Si](CCc1ccc2c(c1)C=C2)(OCC)OCC. The van der Waals surface area contributed by atoms with E-state index in [4.69, 9.17) is 13.3 Å². The zero-order chi connectivity index (χ0) is 14.4. The van der Waals surface area contributed by atoms with Crippen molar-refractivity contribution in [2.45, 2.75) is 33.2 Å². The quantitative estimate of drug-likeness (QED) is 0.659. The van der Waals surface area contributed by atoms with Crippen LogP contribution in [0.4, 0.5) is 0 Å². The number of rotatable bonds is 9. The van der Waals surface area contributed by atoms with E-state index in [2.05, 4.69) is 30.4 Å². The van der Waals surface area contributed by atoms with Gasteiger partial charge in [0, 0.05) is 25.9 Å². The summed E-state index contributed by atoms with van der Waals surface area (Å²) >= 11 is 0. The van der Waals surface area contributed by atoms with Crippen LogP contribution in [0, 0.1) is 0 Å². The van der Waals surface area contributed by atoms with Gasteiger partial charge in [-0.2, -0.15) is 0 Å². The van der Waals surface area contributed by atoms with Crippen molar-refractivity contribution in [3.05, 3.63) is 34.9 Å². The van der Waals surface area contributed by atoms with Crippen LogP contribution < -0.4 is 0 Å². The van der Waals surface area contributed by atoms with Gasteiger partial charge in [0.15, 0.2) is 0 Å². The van der Waals surface area contributed by atoms with E-state index in [-0.39, 0.29) is 0 Å². The predicted molar refractivity (Wildman–Crippen MR) is 84.5 cm³/mol. The molecule has 2 rings (SSSR count). The molecule has 3 nitrogen and oxygen atoms in total. The number of hydrogen-bond acceptors (Lipinski definition) is 3. The summed E-state index contributed by atoms with van der Waals surface area (Å²) in [5, 5.41) is 0.